The van der Waals surface area contributed by atoms with Gasteiger partial charge in [0, 0.05) is 49.4 Å². The highest BCUT2D eigenvalue weighted by Gasteiger charge is 2.22. The van der Waals surface area contributed by atoms with Gasteiger partial charge in [0.2, 0.25) is 5.91 Å². The van der Waals surface area contributed by atoms with E-state index in [0.29, 0.717) is 18.9 Å². The first-order valence-corrected chi connectivity index (χ1v) is 6.47. The minimum absolute atomic E-state index is 0.0916. The van der Waals surface area contributed by atoms with Crippen molar-refractivity contribution in [2.45, 2.75) is 45.2 Å². The number of aromatic nitrogens is 2. The molecule has 5 heteroatoms. The lowest BCUT2D eigenvalue weighted by Crippen LogP contribution is -2.42. The van der Waals surface area contributed by atoms with Crippen LogP contribution in [0.15, 0.2) is 12.5 Å². The Hall–Kier alpha value is -1.36. The first-order chi connectivity index (χ1) is 8.46. The van der Waals surface area contributed by atoms with Crippen LogP contribution in [0.4, 0.5) is 0 Å². The summed E-state index contributed by atoms with van der Waals surface area (Å²) in [7, 11) is 0. The monoisotopic (exact) mass is 250 g/mol. The smallest absolute Gasteiger partial charge is 0.222 e. The average Bonchev–Trinajstić information content (AvgIpc) is 2.57. The standard InChI is InChI=1S/C13H22N4O/c1-13(2,3)16-12(18)4-5-17-9-15-8-11(17)10-6-14-7-10/h8-10,14H,4-7H2,1-3H3,(H,16,18). The van der Waals surface area contributed by atoms with Gasteiger partial charge >= 0.3 is 0 Å². The molecule has 1 aromatic heterocycles. The van der Waals surface area contributed by atoms with Crippen LogP contribution in [0.1, 0.15) is 38.8 Å². The first-order valence-electron chi connectivity index (χ1n) is 6.47. The van der Waals surface area contributed by atoms with E-state index in [0.717, 1.165) is 13.1 Å². The van der Waals surface area contributed by atoms with Gasteiger partial charge < -0.3 is 15.2 Å². The molecule has 2 N–H and O–H groups in total. The molecular weight excluding hydrogens is 228 g/mol. The van der Waals surface area contributed by atoms with Crippen LogP contribution in [0.2, 0.25) is 0 Å². The molecule has 2 heterocycles. The summed E-state index contributed by atoms with van der Waals surface area (Å²) in [5.41, 5.74) is 1.07. The Bertz CT molecular complexity index is 415. The second kappa shape index (κ2) is 5.10. The van der Waals surface area contributed by atoms with Crippen LogP contribution in [-0.2, 0) is 11.3 Å². The summed E-state index contributed by atoms with van der Waals surface area (Å²) in [6.07, 6.45) is 4.23. The third-order valence-electron chi connectivity index (χ3n) is 3.04. The largest absolute Gasteiger partial charge is 0.351 e. The molecular formula is C13H22N4O. The number of rotatable bonds is 4. The molecule has 1 amide bonds. The topological polar surface area (TPSA) is 59.0 Å². The Kier molecular flexibility index (Phi) is 3.71. The molecule has 1 fully saturated rings. The maximum Gasteiger partial charge on any atom is 0.222 e. The summed E-state index contributed by atoms with van der Waals surface area (Å²) in [4.78, 5) is 15.9. The highest BCUT2D eigenvalue weighted by Crippen LogP contribution is 2.19. The molecule has 1 aliphatic heterocycles. The van der Waals surface area contributed by atoms with E-state index in [1.54, 1.807) is 0 Å². The molecule has 5 nitrogen and oxygen atoms in total. The van der Waals surface area contributed by atoms with Crippen molar-refractivity contribution in [3.8, 4) is 0 Å². The van der Waals surface area contributed by atoms with Crippen molar-refractivity contribution in [3.05, 3.63) is 18.2 Å². The molecule has 0 aliphatic carbocycles. The average molecular weight is 250 g/mol. The Morgan fingerprint density at radius 2 is 2.28 bits per heavy atom. The van der Waals surface area contributed by atoms with Gasteiger partial charge in [-0.15, -0.1) is 0 Å². The van der Waals surface area contributed by atoms with Crippen molar-refractivity contribution in [2.75, 3.05) is 13.1 Å². The minimum Gasteiger partial charge on any atom is -0.351 e. The van der Waals surface area contributed by atoms with Gasteiger partial charge in [-0.25, -0.2) is 4.98 Å². The molecule has 0 bridgehead atoms. The zero-order valence-corrected chi connectivity index (χ0v) is 11.4. The summed E-state index contributed by atoms with van der Waals surface area (Å²) in [6.45, 7) is 8.71. The van der Waals surface area contributed by atoms with E-state index >= 15 is 0 Å². The van der Waals surface area contributed by atoms with Crippen LogP contribution in [0.5, 0.6) is 0 Å². The van der Waals surface area contributed by atoms with Crippen LogP contribution >= 0.6 is 0 Å². The Morgan fingerprint density at radius 1 is 1.56 bits per heavy atom. The number of imidazole rings is 1. The minimum atomic E-state index is -0.160. The molecule has 0 radical (unpaired) electrons. The fraction of sp³-hybridized carbons (Fsp3) is 0.692. The second-order valence-electron chi connectivity index (χ2n) is 5.92. The number of nitrogens with one attached hydrogen (secondary N) is 2. The van der Waals surface area contributed by atoms with Crippen LogP contribution in [0.25, 0.3) is 0 Å². The van der Waals surface area contributed by atoms with Gasteiger partial charge in [-0.1, -0.05) is 0 Å². The molecule has 0 saturated carbocycles. The lowest BCUT2D eigenvalue weighted by molar-refractivity contribution is -0.122. The van der Waals surface area contributed by atoms with Crippen LogP contribution < -0.4 is 10.6 Å². The maximum absolute atomic E-state index is 11.8. The molecule has 0 spiro atoms. The lowest BCUT2D eigenvalue weighted by atomic mass is 10.00. The third kappa shape index (κ3) is 3.32. The van der Waals surface area contributed by atoms with Gasteiger partial charge in [-0.05, 0) is 20.8 Å². The zero-order valence-electron chi connectivity index (χ0n) is 11.4. The summed E-state index contributed by atoms with van der Waals surface area (Å²) in [5.74, 6) is 0.645. The van der Waals surface area contributed by atoms with Crippen molar-refractivity contribution < 1.29 is 4.79 Å². The van der Waals surface area contributed by atoms with E-state index in [4.69, 9.17) is 0 Å². The normalized spacial score (nSPS) is 16.4. The van der Waals surface area contributed by atoms with E-state index in [9.17, 15) is 4.79 Å². The molecule has 0 aromatic carbocycles. The summed E-state index contributed by atoms with van der Waals surface area (Å²) < 4.78 is 2.09. The van der Waals surface area contributed by atoms with E-state index in [1.807, 2.05) is 33.3 Å². The Morgan fingerprint density at radius 3 is 2.83 bits per heavy atom. The van der Waals surface area contributed by atoms with Crippen LogP contribution in [0.3, 0.4) is 0 Å². The zero-order chi connectivity index (χ0) is 13.2. The highest BCUT2D eigenvalue weighted by atomic mass is 16.1. The molecule has 1 aromatic rings. The Balaban J connectivity index is 1.86. The van der Waals surface area contributed by atoms with Gasteiger partial charge in [0.25, 0.3) is 0 Å². The molecule has 1 aliphatic rings. The number of hydrogen-bond acceptors (Lipinski definition) is 3. The maximum atomic E-state index is 11.8. The van der Waals surface area contributed by atoms with Crippen molar-refractivity contribution in [1.82, 2.24) is 20.2 Å². The SMILES string of the molecule is CC(C)(C)NC(=O)CCn1cncc1C1CNC1. The highest BCUT2D eigenvalue weighted by molar-refractivity contribution is 5.76. The van der Waals surface area contributed by atoms with E-state index in [1.165, 1.54) is 5.69 Å². The summed E-state index contributed by atoms with van der Waals surface area (Å²) in [6, 6.07) is 0. The van der Waals surface area contributed by atoms with Crippen LogP contribution in [-0.4, -0.2) is 34.1 Å². The molecule has 2 rings (SSSR count). The summed E-state index contributed by atoms with van der Waals surface area (Å²) in [5, 5.41) is 6.23. The number of aryl methyl sites for hydroxylation is 1. The van der Waals surface area contributed by atoms with Crippen LogP contribution in [0, 0.1) is 0 Å². The first kappa shape index (κ1) is 13.1. The molecule has 100 valence electrons. The van der Waals surface area contributed by atoms with E-state index in [2.05, 4.69) is 20.2 Å². The molecule has 0 atom stereocenters. The number of nitrogens with zero attached hydrogens (tertiary/aromatic N) is 2. The number of amides is 1. The van der Waals surface area contributed by atoms with Gasteiger partial charge in [-0.2, -0.15) is 0 Å². The predicted molar refractivity (Wildman–Crippen MR) is 70.4 cm³/mol. The van der Waals surface area contributed by atoms with Gasteiger partial charge in [-0.3, -0.25) is 4.79 Å². The van der Waals surface area contributed by atoms with Gasteiger partial charge in [0.05, 0.1) is 6.33 Å². The third-order valence-corrected chi connectivity index (χ3v) is 3.04. The molecule has 1 saturated heterocycles. The fourth-order valence-corrected chi connectivity index (χ4v) is 2.06. The van der Waals surface area contributed by atoms with E-state index in [-0.39, 0.29) is 11.4 Å². The number of carbonyl (C=O) groups is 1. The quantitative estimate of drug-likeness (QED) is 0.834. The second-order valence-corrected chi connectivity index (χ2v) is 5.92. The lowest BCUT2D eigenvalue weighted by Gasteiger charge is -2.28. The van der Waals surface area contributed by atoms with E-state index < -0.39 is 0 Å². The van der Waals surface area contributed by atoms with Crippen molar-refractivity contribution >= 4 is 5.91 Å². The predicted octanol–water partition coefficient (Wildman–Crippen LogP) is 0.875. The van der Waals surface area contributed by atoms with Crippen molar-refractivity contribution in [1.29, 1.82) is 0 Å². The summed E-state index contributed by atoms with van der Waals surface area (Å²) >= 11 is 0. The number of carbonyl (C=O) groups excluding carboxylic acids is 1. The number of hydrogen-bond donors (Lipinski definition) is 2. The fourth-order valence-electron chi connectivity index (χ4n) is 2.06. The van der Waals surface area contributed by atoms with Crippen molar-refractivity contribution in [3.63, 3.8) is 0 Å². The molecule has 18 heavy (non-hydrogen) atoms. The Labute approximate surface area is 108 Å². The van der Waals surface area contributed by atoms with Crippen molar-refractivity contribution in [2.24, 2.45) is 0 Å². The molecule has 0 unspecified atom stereocenters. The van der Waals surface area contributed by atoms with Gasteiger partial charge in [0.15, 0.2) is 0 Å². The van der Waals surface area contributed by atoms with Gasteiger partial charge in [0.1, 0.15) is 0 Å².